The lowest BCUT2D eigenvalue weighted by Gasteiger charge is -2.17. The van der Waals surface area contributed by atoms with Crippen molar-refractivity contribution in [1.82, 2.24) is 19.5 Å². The fraction of sp³-hybridized carbons (Fsp3) is 0.632. The number of aromatic nitrogens is 4. The molecule has 0 saturated heterocycles. The second-order valence-corrected chi connectivity index (χ2v) is 8.92. The van der Waals surface area contributed by atoms with E-state index < -0.39 is 20.0 Å². The smallest absolute Gasteiger partial charge is 0.353 e. The number of anilines is 2. The summed E-state index contributed by atoms with van der Waals surface area (Å²) in [5.74, 6) is 0.237. The summed E-state index contributed by atoms with van der Waals surface area (Å²) >= 11 is 0. The topological polar surface area (TPSA) is 161 Å². The fourth-order valence-electron chi connectivity index (χ4n) is 2.76. The fourth-order valence-corrected chi connectivity index (χ4v) is 3.63. The Kier molecular flexibility index (Phi) is 10.4. The summed E-state index contributed by atoms with van der Waals surface area (Å²) in [5, 5.41) is 0. The van der Waals surface area contributed by atoms with Crippen LogP contribution in [0, 0.1) is 0 Å². The number of hydrogen-bond acceptors (Lipinski definition) is 9. The molecule has 0 aliphatic heterocycles. The van der Waals surface area contributed by atoms with Crippen molar-refractivity contribution in [2.75, 3.05) is 37.6 Å². The molecule has 2 atom stereocenters. The van der Waals surface area contributed by atoms with Crippen molar-refractivity contribution in [3.8, 4) is 0 Å². The van der Waals surface area contributed by atoms with Crippen LogP contribution in [0.3, 0.4) is 0 Å². The average molecular weight is 456 g/mol. The maximum Gasteiger partial charge on any atom is 0.353 e. The second-order valence-electron chi connectivity index (χ2n) is 7.13. The standard InChI is InChI=1S/C19H33N6O5P/c1-3-4-5-6-7-8-9-28-10-11-30-31(26,27)14-29-15(2)12-25-13-22-16-17(20)23-19(21)24-18(16)25/h6-7,13,15H,3-5,8-12,14H2,1-2H3,(H,26,27)(H4,20,21,23,24)/b7-6-/t15-/m1/s1. The quantitative estimate of drug-likeness (QED) is 0.206. The van der Waals surface area contributed by atoms with Gasteiger partial charge in [-0.05, 0) is 19.8 Å². The molecule has 0 bridgehead atoms. The van der Waals surface area contributed by atoms with Gasteiger partial charge in [0.25, 0.3) is 0 Å². The van der Waals surface area contributed by atoms with Gasteiger partial charge in [0.15, 0.2) is 11.5 Å². The third-order valence-electron chi connectivity index (χ3n) is 4.32. The van der Waals surface area contributed by atoms with Gasteiger partial charge < -0.3 is 34.9 Å². The van der Waals surface area contributed by atoms with E-state index in [0.29, 0.717) is 24.3 Å². The molecule has 0 aromatic carbocycles. The van der Waals surface area contributed by atoms with E-state index in [-0.39, 0.29) is 25.0 Å². The van der Waals surface area contributed by atoms with E-state index in [4.69, 9.17) is 25.5 Å². The van der Waals surface area contributed by atoms with Crippen LogP contribution in [0.5, 0.6) is 0 Å². The summed E-state index contributed by atoms with van der Waals surface area (Å²) in [6, 6.07) is 0. The molecule has 5 N–H and O–H groups in total. The highest BCUT2D eigenvalue weighted by Crippen LogP contribution is 2.41. The summed E-state index contributed by atoms with van der Waals surface area (Å²) in [7, 11) is -3.88. The Morgan fingerprint density at radius 1 is 1.23 bits per heavy atom. The van der Waals surface area contributed by atoms with Crippen molar-refractivity contribution in [2.24, 2.45) is 0 Å². The number of nitrogens with two attached hydrogens (primary N) is 2. The number of hydrogen-bond donors (Lipinski definition) is 3. The molecule has 2 aromatic rings. The lowest BCUT2D eigenvalue weighted by Crippen LogP contribution is -2.18. The number of nitrogen functional groups attached to an aromatic ring is 2. The lowest BCUT2D eigenvalue weighted by molar-refractivity contribution is 0.0622. The number of rotatable bonds is 15. The number of allylic oxidation sites excluding steroid dienone is 1. The predicted molar refractivity (Wildman–Crippen MR) is 119 cm³/mol. The van der Waals surface area contributed by atoms with Crippen molar-refractivity contribution >= 4 is 30.5 Å². The van der Waals surface area contributed by atoms with Gasteiger partial charge in [-0.25, -0.2) is 4.98 Å². The lowest BCUT2D eigenvalue weighted by atomic mass is 10.2. The first-order valence-electron chi connectivity index (χ1n) is 10.4. The molecule has 2 rings (SSSR count). The van der Waals surface area contributed by atoms with Crippen molar-refractivity contribution < 1.29 is 23.5 Å². The van der Waals surface area contributed by atoms with Gasteiger partial charge in [0.2, 0.25) is 5.95 Å². The zero-order valence-corrected chi connectivity index (χ0v) is 19.0. The highest BCUT2D eigenvalue weighted by Gasteiger charge is 2.22. The Morgan fingerprint density at radius 2 is 2.00 bits per heavy atom. The summed E-state index contributed by atoms with van der Waals surface area (Å²) in [6.45, 7) is 5.07. The number of nitrogens with zero attached hydrogens (tertiary/aromatic N) is 4. The number of imidazole rings is 1. The summed E-state index contributed by atoms with van der Waals surface area (Å²) in [4.78, 5) is 22.1. The van der Waals surface area contributed by atoms with E-state index in [1.807, 2.05) is 0 Å². The second kappa shape index (κ2) is 12.7. The largest absolute Gasteiger partial charge is 0.382 e. The number of fused-ring (bicyclic) bond motifs is 1. The Hall–Kier alpha value is -2.04. The molecule has 31 heavy (non-hydrogen) atoms. The van der Waals surface area contributed by atoms with E-state index in [1.54, 1.807) is 17.8 Å². The molecule has 0 aliphatic carbocycles. The zero-order valence-electron chi connectivity index (χ0n) is 18.1. The molecule has 0 amide bonds. The van der Waals surface area contributed by atoms with Crippen LogP contribution in [-0.2, 0) is 25.1 Å². The van der Waals surface area contributed by atoms with E-state index in [1.165, 1.54) is 12.8 Å². The third-order valence-corrected chi connectivity index (χ3v) is 5.39. The summed E-state index contributed by atoms with van der Waals surface area (Å²) in [6.07, 6.45) is 9.20. The first-order chi connectivity index (χ1) is 14.8. The van der Waals surface area contributed by atoms with Gasteiger partial charge in [0, 0.05) is 0 Å². The molecular formula is C19H33N6O5P. The average Bonchev–Trinajstić information content (AvgIpc) is 3.11. The predicted octanol–water partition coefficient (Wildman–Crippen LogP) is 2.71. The van der Waals surface area contributed by atoms with E-state index in [0.717, 1.165) is 12.8 Å². The molecule has 0 saturated carbocycles. The summed E-state index contributed by atoms with van der Waals surface area (Å²) in [5.41, 5.74) is 12.3. The molecule has 0 aliphatic rings. The molecule has 0 radical (unpaired) electrons. The van der Waals surface area contributed by atoms with Crippen LogP contribution in [0.2, 0.25) is 0 Å². The first-order valence-corrected chi connectivity index (χ1v) is 12.1. The van der Waals surface area contributed by atoms with Gasteiger partial charge in [-0.15, -0.1) is 0 Å². The minimum absolute atomic E-state index is 0.0205. The maximum absolute atomic E-state index is 12.1. The van der Waals surface area contributed by atoms with Crippen LogP contribution in [0.15, 0.2) is 18.5 Å². The van der Waals surface area contributed by atoms with Gasteiger partial charge in [-0.2, -0.15) is 9.97 Å². The van der Waals surface area contributed by atoms with Crippen LogP contribution >= 0.6 is 7.60 Å². The van der Waals surface area contributed by atoms with Gasteiger partial charge in [-0.1, -0.05) is 31.9 Å². The molecule has 2 heterocycles. The minimum Gasteiger partial charge on any atom is -0.382 e. The normalized spacial score (nSPS) is 14.9. The molecule has 2 aromatic heterocycles. The Balaban J connectivity index is 1.66. The van der Waals surface area contributed by atoms with Crippen molar-refractivity contribution in [1.29, 1.82) is 0 Å². The Morgan fingerprint density at radius 3 is 2.77 bits per heavy atom. The molecule has 174 valence electrons. The van der Waals surface area contributed by atoms with Gasteiger partial charge >= 0.3 is 7.60 Å². The van der Waals surface area contributed by atoms with Crippen LogP contribution in [-0.4, -0.2) is 56.7 Å². The van der Waals surface area contributed by atoms with Crippen LogP contribution < -0.4 is 11.5 Å². The maximum atomic E-state index is 12.1. The Bertz CT molecular complexity index is 890. The molecular weight excluding hydrogens is 423 g/mol. The van der Waals surface area contributed by atoms with Gasteiger partial charge in [0.1, 0.15) is 11.9 Å². The minimum atomic E-state index is -3.88. The highest BCUT2D eigenvalue weighted by atomic mass is 31.2. The molecule has 12 heteroatoms. The monoisotopic (exact) mass is 456 g/mol. The van der Waals surface area contributed by atoms with Crippen LogP contribution in [0.1, 0.15) is 39.5 Å². The Labute approximate surface area is 182 Å². The van der Waals surface area contributed by atoms with Crippen molar-refractivity contribution in [3.05, 3.63) is 18.5 Å². The molecule has 1 unspecified atom stereocenters. The molecule has 11 nitrogen and oxygen atoms in total. The van der Waals surface area contributed by atoms with Gasteiger partial charge in [-0.3, -0.25) is 4.57 Å². The van der Waals surface area contributed by atoms with E-state index in [9.17, 15) is 9.46 Å². The SMILES string of the molecule is CCCC/C=C\CCOCCOP(=O)(O)CO[C@H](C)Cn1cnc2c(N)nc(N)nc21. The molecule has 0 fully saturated rings. The third kappa shape index (κ3) is 8.92. The van der Waals surface area contributed by atoms with Gasteiger partial charge in [0.05, 0.1) is 38.8 Å². The van der Waals surface area contributed by atoms with Crippen molar-refractivity contribution in [2.45, 2.75) is 52.2 Å². The number of ether oxygens (including phenoxy) is 2. The van der Waals surface area contributed by atoms with Crippen LogP contribution in [0.25, 0.3) is 11.2 Å². The van der Waals surface area contributed by atoms with E-state index >= 15 is 0 Å². The number of unbranched alkanes of at least 4 members (excludes halogenated alkanes) is 2. The van der Waals surface area contributed by atoms with E-state index in [2.05, 4.69) is 34.0 Å². The molecule has 0 spiro atoms. The zero-order chi connectivity index (χ0) is 22.7. The van der Waals surface area contributed by atoms with Crippen molar-refractivity contribution in [3.63, 3.8) is 0 Å². The first kappa shape index (κ1) is 25.2. The van der Waals surface area contributed by atoms with Crippen LogP contribution in [0.4, 0.5) is 11.8 Å². The summed E-state index contributed by atoms with van der Waals surface area (Å²) < 4.78 is 29.8. The highest BCUT2D eigenvalue weighted by molar-refractivity contribution is 7.52.